The number of ether oxygens (including phenoxy) is 1. The molecule has 2 aromatic rings. The molecule has 0 saturated carbocycles. The highest BCUT2D eigenvalue weighted by Gasteiger charge is 2.18. The molecule has 128 valence electrons. The normalized spacial score (nSPS) is 12.7. The molecule has 1 aromatic carbocycles. The molecule has 0 amide bonds. The SMILES string of the molecule is CCOC(=O)c1cc2cc(S(=O)(=O)N[C@@H](C)CN)ccc2s1.Cl. The van der Waals surface area contributed by atoms with Crippen molar-refractivity contribution in [1.82, 2.24) is 4.72 Å². The maximum Gasteiger partial charge on any atom is 0.348 e. The fourth-order valence-corrected chi connectivity index (χ4v) is 4.10. The maximum atomic E-state index is 12.2. The predicted molar refractivity (Wildman–Crippen MR) is 93.9 cm³/mol. The zero-order valence-electron chi connectivity index (χ0n) is 12.7. The lowest BCUT2D eigenvalue weighted by atomic mass is 10.2. The van der Waals surface area contributed by atoms with Gasteiger partial charge < -0.3 is 10.5 Å². The van der Waals surface area contributed by atoms with Gasteiger partial charge in [0.25, 0.3) is 0 Å². The Bertz CT molecular complexity index is 789. The minimum absolute atomic E-state index is 0. The molecule has 6 nitrogen and oxygen atoms in total. The van der Waals surface area contributed by atoms with Crippen LogP contribution in [0.5, 0.6) is 0 Å². The molecular weight excluding hydrogens is 360 g/mol. The average Bonchev–Trinajstić information content (AvgIpc) is 2.90. The van der Waals surface area contributed by atoms with E-state index in [4.69, 9.17) is 10.5 Å². The first-order chi connectivity index (χ1) is 10.4. The van der Waals surface area contributed by atoms with E-state index in [2.05, 4.69) is 4.72 Å². The van der Waals surface area contributed by atoms with Crippen LogP contribution in [0.2, 0.25) is 0 Å². The molecule has 0 aliphatic carbocycles. The van der Waals surface area contributed by atoms with Gasteiger partial charge in [-0.05, 0) is 43.5 Å². The molecule has 0 bridgehead atoms. The van der Waals surface area contributed by atoms with Crippen molar-refractivity contribution in [3.05, 3.63) is 29.1 Å². The highest BCUT2D eigenvalue weighted by atomic mass is 35.5. The lowest BCUT2D eigenvalue weighted by Crippen LogP contribution is -2.37. The van der Waals surface area contributed by atoms with Crippen molar-refractivity contribution in [1.29, 1.82) is 0 Å². The summed E-state index contributed by atoms with van der Waals surface area (Å²) in [5.74, 6) is -0.400. The molecule has 1 heterocycles. The Labute approximate surface area is 145 Å². The Morgan fingerprint density at radius 1 is 1.39 bits per heavy atom. The molecule has 0 unspecified atom stereocenters. The molecule has 1 atom stereocenters. The van der Waals surface area contributed by atoms with E-state index in [1.165, 1.54) is 17.4 Å². The Hall–Kier alpha value is -1.19. The molecular formula is C14H19ClN2O4S2. The molecule has 3 N–H and O–H groups in total. The van der Waals surface area contributed by atoms with E-state index in [0.717, 1.165) is 4.70 Å². The lowest BCUT2D eigenvalue weighted by Gasteiger charge is -2.11. The van der Waals surface area contributed by atoms with Crippen LogP contribution >= 0.6 is 23.7 Å². The van der Waals surface area contributed by atoms with E-state index >= 15 is 0 Å². The van der Waals surface area contributed by atoms with Gasteiger partial charge in [-0.1, -0.05) is 0 Å². The summed E-state index contributed by atoms with van der Waals surface area (Å²) >= 11 is 1.27. The highest BCUT2D eigenvalue weighted by molar-refractivity contribution is 7.89. The number of nitrogens with one attached hydrogen (secondary N) is 1. The predicted octanol–water partition coefficient (Wildman–Crippen LogP) is 2.13. The van der Waals surface area contributed by atoms with Crippen molar-refractivity contribution < 1.29 is 17.9 Å². The number of halogens is 1. The van der Waals surface area contributed by atoms with E-state index in [0.29, 0.717) is 16.9 Å². The van der Waals surface area contributed by atoms with Crippen molar-refractivity contribution in [2.45, 2.75) is 24.8 Å². The van der Waals surface area contributed by atoms with Crippen LogP contribution in [-0.4, -0.2) is 33.6 Å². The maximum absolute atomic E-state index is 12.2. The number of esters is 1. The van der Waals surface area contributed by atoms with Crippen molar-refractivity contribution >= 4 is 49.8 Å². The second kappa shape index (κ2) is 8.07. The number of hydrogen-bond acceptors (Lipinski definition) is 6. The van der Waals surface area contributed by atoms with Crippen LogP contribution in [0.15, 0.2) is 29.2 Å². The van der Waals surface area contributed by atoms with Gasteiger partial charge in [0, 0.05) is 17.3 Å². The van der Waals surface area contributed by atoms with Gasteiger partial charge in [0.15, 0.2) is 0 Å². The van der Waals surface area contributed by atoms with Crippen LogP contribution < -0.4 is 10.5 Å². The number of hydrogen-bond donors (Lipinski definition) is 2. The van der Waals surface area contributed by atoms with Gasteiger partial charge in [-0.15, -0.1) is 23.7 Å². The summed E-state index contributed by atoms with van der Waals surface area (Å²) < 4.78 is 32.7. The number of thiophene rings is 1. The van der Waals surface area contributed by atoms with Crippen molar-refractivity contribution in [2.75, 3.05) is 13.2 Å². The Morgan fingerprint density at radius 2 is 2.09 bits per heavy atom. The van der Waals surface area contributed by atoms with E-state index in [9.17, 15) is 13.2 Å². The first-order valence-corrected chi connectivity index (χ1v) is 9.10. The molecule has 0 fully saturated rings. The summed E-state index contributed by atoms with van der Waals surface area (Å²) in [5, 5.41) is 0.691. The highest BCUT2D eigenvalue weighted by Crippen LogP contribution is 2.28. The van der Waals surface area contributed by atoms with Crippen molar-refractivity contribution in [3.63, 3.8) is 0 Å². The van der Waals surface area contributed by atoms with Crippen LogP contribution in [0.1, 0.15) is 23.5 Å². The number of benzene rings is 1. The Morgan fingerprint density at radius 3 is 2.70 bits per heavy atom. The van der Waals surface area contributed by atoms with Crippen LogP contribution in [-0.2, 0) is 14.8 Å². The fourth-order valence-electron chi connectivity index (χ4n) is 1.87. The average molecular weight is 379 g/mol. The van der Waals surface area contributed by atoms with Crippen molar-refractivity contribution in [2.24, 2.45) is 5.73 Å². The van der Waals surface area contributed by atoms with E-state index in [-0.39, 0.29) is 29.9 Å². The van der Waals surface area contributed by atoms with E-state index in [1.54, 1.807) is 32.0 Å². The van der Waals surface area contributed by atoms with Crippen LogP contribution in [0.25, 0.3) is 10.1 Å². The third-order valence-electron chi connectivity index (χ3n) is 2.98. The zero-order chi connectivity index (χ0) is 16.3. The molecule has 0 aliphatic rings. The summed E-state index contributed by atoms with van der Waals surface area (Å²) in [5.41, 5.74) is 5.44. The molecule has 2 rings (SSSR count). The fraction of sp³-hybridized carbons (Fsp3) is 0.357. The van der Waals surface area contributed by atoms with Gasteiger partial charge in [0.2, 0.25) is 10.0 Å². The summed E-state index contributed by atoms with van der Waals surface area (Å²) in [6.07, 6.45) is 0. The van der Waals surface area contributed by atoms with Gasteiger partial charge in [-0.25, -0.2) is 17.9 Å². The Balaban J connectivity index is 0.00000264. The third kappa shape index (κ3) is 4.65. The first-order valence-electron chi connectivity index (χ1n) is 6.80. The summed E-state index contributed by atoms with van der Waals surface area (Å²) in [6.45, 7) is 3.94. The molecule has 0 radical (unpaired) electrons. The second-order valence-corrected chi connectivity index (χ2v) is 7.59. The van der Waals surface area contributed by atoms with Crippen LogP contribution in [0, 0.1) is 0 Å². The van der Waals surface area contributed by atoms with Crippen LogP contribution in [0.3, 0.4) is 0 Å². The van der Waals surface area contributed by atoms with Gasteiger partial charge >= 0.3 is 5.97 Å². The monoisotopic (exact) mass is 378 g/mol. The summed E-state index contributed by atoms with van der Waals surface area (Å²) in [4.78, 5) is 12.3. The molecule has 0 saturated heterocycles. The minimum atomic E-state index is -3.63. The largest absolute Gasteiger partial charge is 0.462 e. The summed E-state index contributed by atoms with van der Waals surface area (Å²) in [7, 11) is -3.63. The number of carbonyl (C=O) groups is 1. The van der Waals surface area contributed by atoms with E-state index < -0.39 is 16.0 Å². The zero-order valence-corrected chi connectivity index (χ0v) is 15.2. The molecule has 1 aromatic heterocycles. The van der Waals surface area contributed by atoms with E-state index in [1.807, 2.05) is 0 Å². The first kappa shape index (κ1) is 19.9. The number of carbonyl (C=O) groups excluding carboxylic acids is 1. The number of nitrogens with two attached hydrogens (primary N) is 1. The van der Waals surface area contributed by atoms with Crippen molar-refractivity contribution in [3.8, 4) is 0 Å². The summed E-state index contributed by atoms with van der Waals surface area (Å²) in [6, 6.07) is 6.03. The number of rotatable bonds is 6. The molecule has 0 spiro atoms. The van der Waals surface area contributed by atoms with Crippen LogP contribution in [0.4, 0.5) is 0 Å². The third-order valence-corrected chi connectivity index (χ3v) is 5.67. The molecule has 9 heteroatoms. The number of fused-ring (bicyclic) bond motifs is 1. The van der Waals surface area contributed by atoms with Gasteiger partial charge in [-0.2, -0.15) is 0 Å². The Kier molecular flexibility index (Phi) is 6.97. The van der Waals surface area contributed by atoms with Gasteiger partial charge in [0.1, 0.15) is 4.88 Å². The quantitative estimate of drug-likeness (QED) is 0.750. The number of sulfonamides is 1. The van der Waals surface area contributed by atoms with Gasteiger partial charge in [-0.3, -0.25) is 0 Å². The smallest absolute Gasteiger partial charge is 0.348 e. The van der Waals surface area contributed by atoms with Gasteiger partial charge in [0.05, 0.1) is 11.5 Å². The standard InChI is InChI=1S/C14H18N2O4S2.ClH/c1-3-20-14(17)13-7-10-6-11(4-5-12(10)21-13)22(18,19)16-9(2)8-15;/h4-7,9,16H,3,8,15H2,1-2H3;1H/t9-;/m0./s1. The lowest BCUT2D eigenvalue weighted by molar-refractivity contribution is 0.0532. The minimum Gasteiger partial charge on any atom is -0.462 e. The molecule has 0 aliphatic heterocycles. The second-order valence-electron chi connectivity index (χ2n) is 4.79. The molecule has 23 heavy (non-hydrogen) atoms. The topological polar surface area (TPSA) is 98.5 Å².